The molecule has 18 heavy (non-hydrogen) atoms. The largest absolute Gasteiger partial charge is 0.508 e. The van der Waals surface area contributed by atoms with Crippen molar-refractivity contribution in [3.8, 4) is 5.75 Å². The molecule has 3 nitrogen and oxygen atoms in total. The zero-order valence-electron chi connectivity index (χ0n) is 10.7. The van der Waals surface area contributed by atoms with Crippen molar-refractivity contribution >= 4 is 11.9 Å². The van der Waals surface area contributed by atoms with Gasteiger partial charge in [0.1, 0.15) is 5.75 Å². The number of allylic oxidation sites excluding steroid dienone is 1. The van der Waals surface area contributed by atoms with Gasteiger partial charge in [0, 0.05) is 12.0 Å². The fourth-order valence-corrected chi connectivity index (χ4v) is 1.64. The lowest BCUT2D eigenvalue weighted by Crippen LogP contribution is -1.92. The number of carbonyl (C=O) groups excluding carboxylic acids is 1. The van der Waals surface area contributed by atoms with Gasteiger partial charge in [-0.2, -0.15) is 0 Å². The average molecular weight is 248 g/mol. The van der Waals surface area contributed by atoms with Crippen LogP contribution in [-0.2, 0) is 11.4 Å². The maximum atomic E-state index is 11.5. The van der Waals surface area contributed by atoms with Crippen LogP contribution in [0.4, 0.5) is 0 Å². The van der Waals surface area contributed by atoms with Gasteiger partial charge >= 0.3 is 0 Å². The van der Waals surface area contributed by atoms with Crippen molar-refractivity contribution in [3.63, 3.8) is 0 Å². The molecule has 0 bridgehead atoms. The Kier molecular flexibility index (Phi) is 6.15. The standard InChI is InChI=1S/C15H20O3/c1-2-3-4-5-14(17)9-7-12-6-8-13(11-16)15(18)10-12/h6-10,16,18H,2-5,11H2,1H3. The molecule has 2 N–H and O–H groups in total. The maximum absolute atomic E-state index is 11.5. The third kappa shape index (κ3) is 4.72. The summed E-state index contributed by atoms with van der Waals surface area (Å²) in [5.41, 5.74) is 1.25. The molecule has 0 radical (unpaired) electrons. The summed E-state index contributed by atoms with van der Waals surface area (Å²) >= 11 is 0. The Morgan fingerprint density at radius 1 is 1.33 bits per heavy atom. The highest BCUT2D eigenvalue weighted by atomic mass is 16.3. The van der Waals surface area contributed by atoms with Gasteiger partial charge in [-0.25, -0.2) is 0 Å². The zero-order chi connectivity index (χ0) is 13.4. The molecule has 0 heterocycles. The molecule has 0 spiro atoms. The van der Waals surface area contributed by atoms with E-state index in [0.717, 1.165) is 24.8 Å². The van der Waals surface area contributed by atoms with E-state index in [4.69, 9.17) is 5.11 Å². The number of unbranched alkanes of at least 4 members (excludes halogenated alkanes) is 2. The normalized spacial score (nSPS) is 11.0. The molecule has 0 aromatic heterocycles. The van der Waals surface area contributed by atoms with E-state index in [1.807, 2.05) is 0 Å². The van der Waals surface area contributed by atoms with Gasteiger partial charge in [-0.05, 0) is 24.1 Å². The minimum Gasteiger partial charge on any atom is -0.508 e. The van der Waals surface area contributed by atoms with Gasteiger partial charge in [-0.3, -0.25) is 4.79 Å². The van der Waals surface area contributed by atoms with Crippen LogP contribution in [0.2, 0.25) is 0 Å². The third-order valence-electron chi connectivity index (χ3n) is 2.77. The summed E-state index contributed by atoms with van der Waals surface area (Å²) in [7, 11) is 0. The van der Waals surface area contributed by atoms with E-state index in [0.29, 0.717) is 12.0 Å². The molecule has 0 fully saturated rings. The van der Waals surface area contributed by atoms with E-state index in [2.05, 4.69) is 6.92 Å². The highest BCUT2D eigenvalue weighted by Crippen LogP contribution is 2.19. The van der Waals surface area contributed by atoms with Gasteiger partial charge < -0.3 is 10.2 Å². The highest BCUT2D eigenvalue weighted by Gasteiger charge is 2.00. The number of benzene rings is 1. The molecule has 0 atom stereocenters. The molecule has 0 aliphatic carbocycles. The summed E-state index contributed by atoms with van der Waals surface area (Å²) in [6, 6.07) is 4.96. The summed E-state index contributed by atoms with van der Waals surface area (Å²) in [4.78, 5) is 11.5. The van der Waals surface area contributed by atoms with E-state index < -0.39 is 0 Å². The van der Waals surface area contributed by atoms with Crippen LogP contribution >= 0.6 is 0 Å². The number of carbonyl (C=O) groups is 1. The number of hydrogen-bond donors (Lipinski definition) is 2. The van der Waals surface area contributed by atoms with E-state index in [-0.39, 0.29) is 18.1 Å². The molecule has 1 aromatic rings. The highest BCUT2D eigenvalue weighted by molar-refractivity contribution is 5.93. The molecule has 0 unspecified atom stereocenters. The topological polar surface area (TPSA) is 57.5 Å². The van der Waals surface area contributed by atoms with Crippen molar-refractivity contribution in [1.82, 2.24) is 0 Å². The summed E-state index contributed by atoms with van der Waals surface area (Å²) < 4.78 is 0. The lowest BCUT2D eigenvalue weighted by molar-refractivity contribution is -0.114. The SMILES string of the molecule is CCCCCC(=O)C=Cc1ccc(CO)c(O)c1. The molecule has 3 heteroatoms. The summed E-state index contributed by atoms with van der Waals surface area (Å²) in [6.45, 7) is 1.91. The van der Waals surface area contributed by atoms with Crippen molar-refractivity contribution in [2.24, 2.45) is 0 Å². The molecule has 0 aliphatic heterocycles. The van der Waals surface area contributed by atoms with Crippen LogP contribution in [0.3, 0.4) is 0 Å². The quantitative estimate of drug-likeness (QED) is 0.576. The second-order valence-corrected chi connectivity index (χ2v) is 4.30. The van der Waals surface area contributed by atoms with Gasteiger partial charge in [0.05, 0.1) is 6.61 Å². The molecule has 1 rings (SSSR count). The Balaban J connectivity index is 2.56. The first-order chi connectivity index (χ1) is 8.67. The number of rotatable bonds is 7. The number of hydrogen-bond acceptors (Lipinski definition) is 3. The summed E-state index contributed by atoms with van der Waals surface area (Å²) in [6.07, 6.45) is 6.91. The Morgan fingerprint density at radius 2 is 2.11 bits per heavy atom. The van der Waals surface area contributed by atoms with Gasteiger partial charge in [-0.15, -0.1) is 0 Å². The predicted molar refractivity (Wildman–Crippen MR) is 72.2 cm³/mol. The van der Waals surface area contributed by atoms with Crippen molar-refractivity contribution in [2.45, 2.75) is 39.2 Å². The molecule has 98 valence electrons. The molecule has 0 saturated heterocycles. The van der Waals surface area contributed by atoms with Gasteiger partial charge in [0.15, 0.2) is 5.78 Å². The summed E-state index contributed by atoms with van der Waals surface area (Å²) in [5, 5.41) is 18.5. The van der Waals surface area contributed by atoms with Gasteiger partial charge in [0.25, 0.3) is 0 Å². The number of phenols is 1. The third-order valence-corrected chi connectivity index (χ3v) is 2.77. The molecular weight excluding hydrogens is 228 g/mol. The molecule has 0 amide bonds. The van der Waals surface area contributed by atoms with Crippen molar-refractivity contribution in [2.75, 3.05) is 0 Å². The first kappa shape index (κ1) is 14.5. The van der Waals surface area contributed by atoms with Gasteiger partial charge in [-0.1, -0.05) is 38.0 Å². The van der Waals surface area contributed by atoms with E-state index in [1.54, 1.807) is 30.4 Å². The Morgan fingerprint density at radius 3 is 2.72 bits per heavy atom. The molecule has 0 aliphatic rings. The van der Waals surface area contributed by atoms with Crippen molar-refractivity contribution in [3.05, 3.63) is 35.4 Å². The number of ketones is 1. The second-order valence-electron chi connectivity index (χ2n) is 4.30. The Bertz CT molecular complexity index is 422. The number of aromatic hydroxyl groups is 1. The van der Waals surface area contributed by atoms with E-state index >= 15 is 0 Å². The van der Waals surface area contributed by atoms with Crippen molar-refractivity contribution in [1.29, 1.82) is 0 Å². The second kappa shape index (κ2) is 7.67. The average Bonchev–Trinajstić information content (AvgIpc) is 2.37. The molecule has 1 aromatic carbocycles. The van der Waals surface area contributed by atoms with E-state index in [9.17, 15) is 9.90 Å². The minimum atomic E-state index is -0.189. The molecular formula is C15H20O3. The first-order valence-electron chi connectivity index (χ1n) is 6.31. The van der Waals surface area contributed by atoms with Crippen LogP contribution in [0.15, 0.2) is 24.3 Å². The fraction of sp³-hybridized carbons (Fsp3) is 0.400. The van der Waals surface area contributed by atoms with E-state index in [1.165, 1.54) is 0 Å². The van der Waals surface area contributed by atoms with Crippen LogP contribution in [0, 0.1) is 0 Å². The van der Waals surface area contributed by atoms with Crippen LogP contribution in [0.5, 0.6) is 5.75 Å². The zero-order valence-corrected chi connectivity index (χ0v) is 10.7. The minimum absolute atomic E-state index is 0.0538. The smallest absolute Gasteiger partial charge is 0.155 e. The van der Waals surface area contributed by atoms with Crippen LogP contribution in [0.1, 0.15) is 43.7 Å². The number of aliphatic hydroxyl groups is 1. The Labute approximate surface area is 108 Å². The predicted octanol–water partition coefficient (Wildman–Crippen LogP) is 3.05. The fourth-order valence-electron chi connectivity index (χ4n) is 1.64. The van der Waals surface area contributed by atoms with Crippen LogP contribution < -0.4 is 0 Å². The summed E-state index contributed by atoms with van der Waals surface area (Å²) in [5.74, 6) is 0.159. The lowest BCUT2D eigenvalue weighted by atomic mass is 10.1. The van der Waals surface area contributed by atoms with Crippen LogP contribution in [0.25, 0.3) is 6.08 Å². The van der Waals surface area contributed by atoms with Crippen molar-refractivity contribution < 1.29 is 15.0 Å². The van der Waals surface area contributed by atoms with Crippen LogP contribution in [-0.4, -0.2) is 16.0 Å². The van der Waals surface area contributed by atoms with Gasteiger partial charge in [0.2, 0.25) is 0 Å². The monoisotopic (exact) mass is 248 g/mol. The Hall–Kier alpha value is -1.61. The number of aliphatic hydroxyl groups excluding tert-OH is 1. The first-order valence-corrected chi connectivity index (χ1v) is 6.31. The molecule has 0 saturated carbocycles. The lowest BCUT2D eigenvalue weighted by Gasteiger charge is -2.01. The maximum Gasteiger partial charge on any atom is 0.155 e.